The summed E-state index contributed by atoms with van der Waals surface area (Å²) in [7, 11) is 1.65. The van der Waals surface area contributed by atoms with Crippen LogP contribution in [0.4, 0.5) is 0 Å². The van der Waals surface area contributed by atoms with Crippen LogP contribution in [-0.2, 0) is 17.9 Å². The van der Waals surface area contributed by atoms with E-state index in [9.17, 15) is 4.79 Å². The topological polar surface area (TPSA) is 51.7 Å². The van der Waals surface area contributed by atoms with Crippen LogP contribution in [0, 0.1) is 0 Å². The molecule has 0 fully saturated rings. The summed E-state index contributed by atoms with van der Waals surface area (Å²) in [5.74, 6) is 0.671. The largest absolute Gasteiger partial charge is 0.486 e. The maximum absolute atomic E-state index is 13.0. The molecule has 5 nitrogen and oxygen atoms in total. The molecule has 0 unspecified atom stereocenters. The lowest BCUT2D eigenvalue weighted by molar-refractivity contribution is 0.0721. The lowest BCUT2D eigenvalue weighted by atomic mass is 10.2. The van der Waals surface area contributed by atoms with Crippen LogP contribution < -0.4 is 4.74 Å². The first-order valence-electron chi connectivity index (χ1n) is 9.40. The molecule has 0 spiro atoms. The number of carbonyl (C=O) groups excluding carboxylic acids is 1. The van der Waals surface area contributed by atoms with Gasteiger partial charge in [-0.25, -0.2) is 4.98 Å². The molecule has 1 aromatic heterocycles. The van der Waals surface area contributed by atoms with E-state index >= 15 is 0 Å². The molecule has 0 aliphatic carbocycles. The zero-order valence-electron chi connectivity index (χ0n) is 16.5. The third kappa shape index (κ3) is 6.71. The molecule has 0 aliphatic heterocycles. The van der Waals surface area contributed by atoms with Crippen LogP contribution in [0.1, 0.15) is 27.5 Å². The van der Waals surface area contributed by atoms with Crippen molar-refractivity contribution in [3.63, 3.8) is 0 Å². The molecular weight excluding hydrogens is 443 g/mol. The lowest BCUT2D eigenvalue weighted by Gasteiger charge is -2.22. The smallest absolute Gasteiger partial charge is 0.254 e. The van der Waals surface area contributed by atoms with Gasteiger partial charge in [0.1, 0.15) is 17.4 Å². The molecule has 30 heavy (non-hydrogen) atoms. The third-order valence-electron chi connectivity index (χ3n) is 4.28. The highest BCUT2D eigenvalue weighted by Gasteiger charge is 2.17. The first kappa shape index (κ1) is 22.6. The third-order valence-corrected chi connectivity index (χ3v) is 5.66. The summed E-state index contributed by atoms with van der Waals surface area (Å²) in [5.41, 5.74) is 1.42. The number of amides is 1. The van der Waals surface area contributed by atoms with E-state index in [1.54, 1.807) is 48.4 Å². The fourth-order valence-corrected chi connectivity index (χ4v) is 3.73. The Hall–Kier alpha value is -2.12. The van der Waals surface area contributed by atoms with Crippen molar-refractivity contribution in [1.29, 1.82) is 0 Å². The average Bonchev–Trinajstić information content (AvgIpc) is 3.20. The number of rotatable bonds is 10. The molecule has 0 saturated heterocycles. The van der Waals surface area contributed by atoms with Crippen LogP contribution in [-0.4, -0.2) is 36.1 Å². The highest BCUT2D eigenvalue weighted by molar-refractivity contribution is 7.09. The molecule has 1 amide bonds. The quantitative estimate of drug-likeness (QED) is 0.360. The van der Waals surface area contributed by atoms with Crippen LogP contribution >= 0.6 is 34.5 Å². The normalized spacial score (nSPS) is 10.8. The minimum Gasteiger partial charge on any atom is -0.486 e. The summed E-state index contributed by atoms with van der Waals surface area (Å²) in [5, 5.41) is 4.06. The van der Waals surface area contributed by atoms with E-state index in [1.165, 1.54) is 11.3 Å². The Morgan fingerprint density at radius 2 is 1.73 bits per heavy atom. The van der Waals surface area contributed by atoms with Crippen LogP contribution in [0.2, 0.25) is 10.0 Å². The van der Waals surface area contributed by atoms with Gasteiger partial charge in [0, 0.05) is 41.3 Å². The van der Waals surface area contributed by atoms with Crippen molar-refractivity contribution in [3.8, 4) is 5.75 Å². The predicted octanol–water partition coefficient (Wildman–Crippen LogP) is 5.71. The molecule has 0 radical (unpaired) electrons. The van der Waals surface area contributed by atoms with Gasteiger partial charge in [0.25, 0.3) is 5.91 Å². The first-order chi connectivity index (χ1) is 14.5. The number of hydrogen-bond donors (Lipinski definition) is 0. The molecule has 0 saturated carbocycles. The van der Waals surface area contributed by atoms with Crippen molar-refractivity contribution in [1.82, 2.24) is 9.88 Å². The van der Waals surface area contributed by atoms with Gasteiger partial charge < -0.3 is 14.4 Å². The number of methoxy groups -OCH3 is 1. The molecule has 1 heterocycles. The zero-order chi connectivity index (χ0) is 21.3. The summed E-state index contributed by atoms with van der Waals surface area (Å²) in [4.78, 5) is 19.4. The van der Waals surface area contributed by atoms with Crippen LogP contribution in [0.15, 0.2) is 53.9 Å². The second-order valence-electron chi connectivity index (χ2n) is 6.56. The average molecular weight is 465 g/mol. The summed E-state index contributed by atoms with van der Waals surface area (Å²) < 4.78 is 10.9. The number of halogens is 2. The fraction of sp³-hybridized carbons (Fsp3) is 0.273. The number of benzene rings is 2. The highest BCUT2D eigenvalue weighted by atomic mass is 35.5. The maximum Gasteiger partial charge on any atom is 0.254 e. The molecule has 0 atom stereocenters. The van der Waals surface area contributed by atoms with E-state index in [-0.39, 0.29) is 5.91 Å². The molecule has 0 N–H and O–H groups in total. The van der Waals surface area contributed by atoms with Gasteiger partial charge in [-0.2, -0.15) is 0 Å². The summed E-state index contributed by atoms with van der Waals surface area (Å²) >= 11 is 13.3. The van der Waals surface area contributed by atoms with Crippen LogP contribution in [0.3, 0.4) is 0 Å². The minimum atomic E-state index is -0.0604. The van der Waals surface area contributed by atoms with E-state index < -0.39 is 0 Å². The van der Waals surface area contributed by atoms with Crippen molar-refractivity contribution in [2.24, 2.45) is 0 Å². The number of thiazole rings is 1. The number of hydrogen-bond acceptors (Lipinski definition) is 5. The second kappa shape index (κ2) is 11.3. The molecule has 0 bridgehead atoms. The molecular formula is C22H22Cl2N2O3S. The van der Waals surface area contributed by atoms with Gasteiger partial charge in [-0.3, -0.25) is 4.79 Å². The van der Waals surface area contributed by atoms with Crippen molar-refractivity contribution in [2.75, 3.05) is 20.3 Å². The summed E-state index contributed by atoms with van der Waals surface area (Å²) in [6.45, 7) is 1.94. The van der Waals surface area contributed by atoms with Gasteiger partial charge in [0.15, 0.2) is 0 Å². The number of aromatic nitrogens is 1. The molecule has 3 rings (SSSR count). The number of carbonyl (C=O) groups is 1. The van der Waals surface area contributed by atoms with E-state index in [1.807, 2.05) is 17.5 Å². The first-order valence-corrected chi connectivity index (χ1v) is 11.0. The number of nitrogens with zero attached hydrogens (tertiary/aromatic N) is 2. The van der Waals surface area contributed by atoms with Crippen molar-refractivity contribution >= 4 is 40.4 Å². The Kier molecular flexibility index (Phi) is 8.51. The van der Waals surface area contributed by atoms with Gasteiger partial charge >= 0.3 is 0 Å². The molecule has 8 heteroatoms. The lowest BCUT2D eigenvalue weighted by Crippen LogP contribution is -2.32. The van der Waals surface area contributed by atoms with Crippen LogP contribution in [0.25, 0.3) is 0 Å². The van der Waals surface area contributed by atoms with Crippen LogP contribution in [0.5, 0.6) is 5.75 Å². The predicted molar refractivity (Wildman–Crippen MR) is 121 cm³/mol. The van der Waals surface area contributed by atoms with Crippen molar-refractivity contribution in [2.45, 2.75) is 19.6 Å². The van der Waals surface area contributed by atoms with Crippen molar-refractivity contribution in [3.05, 3.63) is 80.2 Å². The highest BCUT2D eigenvalue weighted by Crippen LogP contribution is 2.20. The minimum absolute atomic E-state index is 0.0604. The fourth-order valence-electron chi connectivity index (χ4n) is 2.79. The summed E-state index contributed by atoms with van der Waals surface area (Å²) in [6.07, 6.45) is 0.743. The zero-order valence-corrected chi connectivity index (χ0v) is 18.8. The molecule has 2 aromatic carbocycles. The Bertz CT molecular complexity index is 946. The molecule has 158 valence electrons. The van der Waals surface area contributed by atoms with E-state index in [0.29, 0.717) is 41.9 Å². The molecule has 0 aliphatic rings. The van der Waals surface area contributed by atoms with E-state index in [2.05, 4.69) is 4.98 Å². The number of ether oxygens (including phenoxy) is 2. The van der Waals surface area contributed by atoms with Crippen molar-refractivity contribution < 1.29 is 14.3 Å². The maximum atomic E-state index is 13.0. The molecule has 3 aromatic rings. The Balaban J connectivity index is 1.64. The second-order valence-corrected chi connectivity index (χ2v) is 8.37. The van der Waals surface area contributed by atoms with E-state index in [4.69, 9.17) is 32.7 Å². The van der Waals surface area contributed by atoms with Gasteiger partial charge in [0.05, 0.1) is 12.2 Å². The van der Waals surface area contributed by atoms with Gasteiger partial charge in [0.2, 0.25) is 0 Å². The SMILES string of the molecule is COCCCN(Cc1csc(COc2ccc(Cl)cc2)n1)C(=O)c1ccc(Cl)cc1. The van der Waals surface area contributed by atoms with Gasteiger partial charge in [-0.15, -0.1) is 11.3 Å². The Labute approximate surface area is 190 Å². The van der Waals surface area contributed by atoms with E-state index in [0.717, 1.165) is 22.9 Å². The van der Waals surface area contributed by atoms with Gasteiger partial charge in [-0.05, 0) is 55.0 Å². The Morgan fingerprint density at radius 3 is 2.40 bits per heavy atom. The Morgan fingerprint density at radius 1 is 1.07 bits per heavy atom. The van der Waals surface area contributed by atoms with Gasteiger partial charge in [-0.1, -0.05) is 23.2 Å². The summed E-state index contributed by atoms with van der Waals surface area (Å²) in [6, 6.07) is 14.1. The standard InChI is InChI=1S/C22H22Cl2N2O3S/c1-28-12-2-11-26(22(27)16-3-5-17(23)6-4-16)13-19-15-30-21(25-19)14-29-20-9-7-18(24)8-10-20/h3-10,15H,2,11-14H2,1H3. The monoisotopic (exact) mass is 464 g/mol.